The fourth-order valence-corrected chi connectivity index (χ4v) is 12.0. The summed E-state index contributed by atoms with van der Waals surface area (Å²) in [6.07, 6.45) is 32.4. The number of rotatable bonds is 9. The summed E-state index contributed by atoms with van der Waals surface area (Å²) in [5.74, 6) is 10.9. The first-order chi connectivity index (χ1) is 47.7. The van der Waals surface area contributed by atoms with Crippen molar-refractivity contribution in [3.63, 3.8) is 0 Å². The molecule has 6 aliphatic heterocycles. The van der Waals surface area contributed by atoms with Crippen molar-refractivity contribution >= 4 is 0 Å². The molecule has 0 spiro atoms. The van der Waals surface area contributed by atoms with Crippen molar-refractivity contribution in [3.05, 3.63) is 0 Å². The van der Waals surface area contributed by atoms with Crippen LogP contribution in [-0.2, 0) is 37.9 Å². The van der Waals surface area contributed by atoms with E-state index >= 15 is 0 Å². The summed E-state index contributed by atoms with van der Waals surface area (Å²) in [6.45, 7) is 89.4. The maximum Gasteiger partial charge on any atom is 0.159 e. The standard InChI is InChI=1S/3C9H18.2C8H17N.4C7H14O2.9C2H6/c3*1-8(2)9-6-4-3-5-7-9;1-7(2)8-3-5-9-6-4-8;1-8(2)9-6-4-3-5-7-9;1-6(2)7-3-8-5-9-4-7;1-6(2)7-5-8-3-4-9-7;1-6(2)7-3-4-8-5-9-7;1-6(2)7-8-4-3-5-9-7;9*1-2/h3*8-9H,3-7H2,1-2H3;7-9H,3-6H2,1-2H3;8H,3-7H2,1-2H3;4*6-7H,3-5H2,1-2H3;9*1-2H3. The molecule has 1 N–H and O–H groups in total. The van der Waals surface area contributed by atoms with E-state index in [9.17, 15) is 0 Å². The van der Waals surface area contributed by atoms with Crippen LogP contribution in [0, 0.1) is 76.9 Å². The average Bonchev–Trinajstić information content (AvgIpc) is 3.85. The van der Waals surface area contributed by atoms with Gasteiger partial charge >= 0.3 is 0 Å². The maximum atomic E-state index is 5.41. The molecule has 6 saturated heterocycles. The number of likely N-dealkylation sites (tertiary alicyclic amines) is 1. The molecule has 0 amide bonds. The first kappa shape index (κ1) is 117. The van der Waals surface area contributed by atoms with Crippen LogP contribution in [0.1, 0.15) is 391 Å². The fraction of sp³-hybridized carbons (Fsp3) is 1.00. The van der Waals surface area contributed by atoms with Gasteiger partial charge in [0.2, 0.25) is 0 Å². The van der Waals surface area contributed by atoms with Crippen molar-refractivity contribution in [1.82, 2.24) is 10.2 Å². The Bertz CT molecular complexity index is 981. The topological polar surface area (TPSA) is 89.1 Å². The van der Waals surface area contributed by atoms with Gasteiger partial charge in [-0.05, 0) is 144 Å². The number of nitrogens with one attached hydrogen (secondary N) is 1. The van der Waals surface area contributed by atoms with E-state index in [0.29, 0.717) is 55.4 Å². The highest BCUT2D eigenvalue weighted by Gasteiger charge is 2.22. The Balaban J connectivity index is -0.000000128. The van der Waals surface area contributed by atoms with Crippen LogP contribution in [-0.4, -0.2) is 122 Å². The van der Waals surface area contributed by atoms with Crippen LogP contribution < -0.4 is 5.32 Å². The van der Waals surface area contributed by atoms with Gasteiger partial charge in [-0.15, -0.1) is 0 Å². The van der Waals surface area contributed by atoms with Crippen LogP contribution >= 0.6 is 0 Å². The Morgan fingerprint density at radius 2 is 0.596 bits per heavy atom. The van der Waals surface area contributed by atoms with E-state index in [-0.39, 0.29) is 6.29 Å². The Labute approximate surface area is 629 Å². The zero-order valence-corrected chi connectivity index (χ0v) is 75.5. The van der Waals surface area contributed by atoms with E-state index in [1.54, 1.807) is 0 Å². The molecule has 99 heavy (non-hydrogen) atoms. The number of piperidine rings is 2. The molecule has 0 aromatic heterocycles. The minimum Gasteiger partial charge on any atom is -0.376 e. The Morgan fingerprint density at radius 1 is 0.253 bits per heavy atom. The normalized spacial score (nSPS) is 20.5. The van der Waals surface area contributed by atoms with Crippen LogP contribution in [0.2, 0.25) is 0 Å². The molecule has 6 heterocycles. The Hall–Kier alpha value is -0.400. The molecule has 0 radical (unpaired) electrons. The fourth-order valence-electron chi connectivity index (χ4n) is 12.0. The summed E-state index contributed by atoms with van der Waals surface area (Å²) in [7, 11) is 0. The van der Waals surface area contributed by atoms with Gasteiger partial charge in [0, 0.05) is 17.9 Å². The molecule has 10 nitrogen and oxygen atoms in total. The molecule has 0 aromatic carbocycles. The van der Waals surface area contributed by atoms with Gasteiger partial charge in [0.15, 0.2) is 6.29 Å². The van der Waals surface area contributed by atoms with E-state index in [0.717, 1.165) is 119 Å². The van der Waals surface area contributed by atoms with E-state index in [1.165, 1.54) is 155 Å². The lowest BCUT2D eigenvalue weighted by molar-refractivity contribution is -0.198. The number of hydrogen-bond donors (Lipinski definition) is 1. The van der Waals surface area contributed by atoms with E-state index in [4.69, 9.17) is 37.9 Å². The van der Waals surface area contributed by atoms with Crippen molar-refractivity contribution in [2.75, 3.05) is 92.6 Å². The molecule has 0 bridgehead atoms. The highest BCUT2D eigenvalue weighted by Crippen LogP contribution is 2.31. The van der Waals surface area contributed by atoms with Gasteiger partial charge in [-0.1, -0.05) is 338 Å². The van der Waals surface area contributed by atoms with Gasteiger partial charge < -0.3 is 48.1 Å². The molecule has 10 heteroatoms. The molecule has 9 fully saturated rings. The quantitative estimate of drug-likeness (QED) is 0.241. The lowest BCUT2D eigenvalue weighted by Crippen LogP contribution is -2.35. The maximum absolute atomic E-state index is 5.41. The summed E-state index contributed by atoms with van der Waals surface area (Å²) in [5.41, 5.74) is 0. The zero-order valence-electron chi connectivity index (χ0n) is 75.5. The third-order valence-corrected chi connectivity index (χ3v) is 18.6. The summed E-state index contributed by atoms with van der Waals surface area (Å²) in [6, 6.07) is 0.769. The van der Waals surface area contributed by atoms with Crippen LogP contribution in [0.4, 0.5) is 0 Å². The zero-order chi connectivity index (χ0) is 78.2. The van der Waals surface area contributed by atoms with E-state index in [1.807, 2.05) is 125 Å². The molecule has 9 rings (SSSR count). The molecule has 612 valence electrons. The van der Waals surface area contributed by atoms with Crippen LogP contribution in [0.3, 0.4) is 0 Å². The molecule has 0 aromatic rings. The summed E-state index contributed by atoms with van der Waals surface area (Å²) in [4.78, 5) is 2.56. The highest BCUT2D eigenvalue weighted by molar-refractivity contribution is 4.73. The molecule has 3 saturated carbocycles. The molecular weight excluding hydrogens is 1220 g/mol. The van der Waals surface area contributed by atoms with Gasteiger partial charge in [-0.25, -0.2) is 0 Å². The lowest BCUT2D eigenvalue weighted by atomic mass is 9.82. The first-order valence-electron chi connectivity index (χ1n) is 44.0. The Morgan fingerprint density at radius 3 is 0.808 bits per heavy atom. The van der Waals surface area contributed by atoms with E-state index in [2.05, 4.69) is 135 Å². The molecule has 9 aliphatic rings. The third-order valence-electron chi connectivity index (χ3n) is 18.6. The second-order valence-electron chi connectivity index (χ2n) is 28.5. The predicted molar refractivity (Wildman–Crippen MR) is 448 cm³/mol. The van der Waals surface area contributed by atoms with Gasteiger partial charge in [0.25, 0.3) is 0 Å². The summed E-state index contributed by atoms with van der Waals surface area (Å²) < 4.78 is 41.9. The van der Waals surface area contributed by atoms with Gasteiger partial charge in [-0.2, -0.15) is 0 Å². The minimum absolute atomic E-state index is 0.0544. The number of nitrogens with zero attached hydrogens (tertiary/aromatic N) is 1. The third kappa shape index (κ3) is 77.0. The van der Waals surface area contributed by atoms with Gasteiger partial charge in [0.1, 0.15) is 13.6 Å². The second-order valence-corrected chi connectivity index (χ2v) is 28.5. The second kappa shape index (κ2) is 93.7. The summed E-state index contributed by atoms with van der Waals surface area (Å²) in [5, 5.41) is 3.37. The van der Waals surface area contributed by atoms with Gasteiger partial charge in [0.05, 0.1) is 65.1 Å². The summed E-state index contributed by atoms with van der Waals surface area (Å²) >= 11 is 0. The minimum atomic E-state index is 0.0544. The monoisotopic (exact) mass is 1420 g/mol. The van der Waals surface area contributed by atoms with Gasteiger partial charge in [-0.3, -0.25) is 0 Å². The molecule has 3 aliphatic carbocycles. The Kier molecular flexibility index (Phi) is 111. The molecule has 2 unspecified atom stereocenters. The van der Waals surface area contributed by atoms with Crippen LogP contribution in [0.25, 0.3) is 0 Å². The van der Waals surface area contributed by atoms with E-state index < -0.39 is 0 Å². The van der Waals surface area contributed by atoms with Crippen molar-refractivity contribution in [1.29, 1.82) is 0 Å². The smallest absolute Gasteiger partial charge is 0.159 e. The average molecular weight is 1420 g/mol. The van der Waals surface area contributed by atoms with Crippen LogP contribution in [0.15, 0.2) is 0 Å². The lowest BCUT2D eigenvalue weighted by Gasteiger charge is -2.29. The highest BCUT2D eigenvalue weighted by atomic mass is 16.7. The van der Waals surface area contributed by atoms with Crippen molar-refractivity contribution < 1.29 is 37.9 Å². The predicted octanol–water partition coefficient (Wildman–Crippen LogP) is 27.6. The van der Waals surface area contributed by atoms with Crippen LogP contribution in [0.5, 0.6) is 0 Å². The molecular formula is C89H198N2O8. The van der Waals surface area contributed by atoms with Crippen molar-refractivity contribution in [2.24, 2.45) is 76.9 Å². The first-order valence-corrected chi connectivity index (χ1v) is 44.0. The largest absolute Gasteiger partial charge is 0.376 e. The number of hydrogen-bond acceptors (Lipinski definition) is 10. The van der Waals surface area contributed by atoms with Crippen molar-refractivity contribution in [2.45, 2.75) is 415 Å². The van der Waals surface area contributed by atoms with Crippen molar-refractivity contribution in [3.8, 4) is 0 Å². The molecule has 2 atom stereocenters. The SMILES string of the molecule is CC.CC.CC.CC.CC.CC.CC.CC.CC.CC(C)C1CCCCC1.CC(C)C1CCCCC1.CC(C)C1CCCCC1.CC(C)C1CCNCC1.CC(C)C1CCOCO1.CC(C)C1COCCO1.CC(C)C1COCOC1.CC(C)C1OCCCO1.CC(C)N1CCCCC1. The number of ether oxygens (including phenoxy) is 8.